The standard InChI is InChI=1S/C74H144O17P2/c1-9-67(8)53-45-37-29-24-25-31-39-47-55-72(77)85-61-70(91-74(79)57-49-41-33-23-17-20-28-36-44-52-66(6)7)63-89-93(82,83)87-59-68(75)58-86-92(80,81)88-62-69(60-84-71(76)54-46-38-30-22-16-19-27-35-43-51-65(4)5)90-73(78)56-48-40-32-21-15-13-11-10-12-14-18-26-34-42-50-64(2)3/h64-70,75H,9-63H2,1-8H3,(H,80,81)(H,82,83)/t67?,68-,69-,70-/m1/s1. The average Bonchev–Trinajstić information content (AvgIpc) is 1.64. The minimum atomic E-state index is -4.96. The van der Waals surface area contributed by atoms with E-state index < -0.39 is 97.5 Å². The van der Waals surface area contributed by atoms with Crippen LogP contribution in [0.1, 0.15) is 370 Å². The van der Waals surface area contributed by atoms with Gasteiger partial charge in [0.2, 0.25) is 0 Å². The van der Waals surface area contributed by atoms with Gasteiger partial charge in [0.25, 0.3) is 0 Å². The molecule has 0 spiro atoms. The second kappa shape index (κ2) is 63.5. The Bertz CT molecular complexity index is 1840. The van der Waals surface area contributed by atoms with E-state index in [-0.39, 0.29) is 25.7 Å². The van der Waals surface area contributed by atoms with Crippen molar-refractivity contribution in [3.05, 3.63) is 0 Å². The number of phosphoric acid groups is 2. The third-order valence-electron chi connectivity index (χ3n) is 17.4. The van der Waals surface area contributed by atoms with Gasteiger partial charge in [0.1, 0.15) is 19.3 Å². The Hall–Kier alpha value is -1.94. The lowest BCUT2D eigenvalue weighted by Crippen LogP contribution is -2.30. The number of hydrogen-bond acceptors (Lipinski definition) is 15. The molecular weight excluding hydrogens is 1220 g/mol. The van der Waals surface area contributed by atoms with Crippen molar-refractivity contribution in [2.24, 2.45) is 23.7 Å². The highest BCUT2D eigenvalue weighted by Crippen LogP contribution is 2.45. The Kier molecular flexibility index (Phi) is 62.2. The number of carbonyl (C=O) groups excluding carboxylic acids is 4. The molecule has 0 fully saturated rings. The Morgan fingerprint density at radius 2 is 0.516 bits per heavy atom. The Labute approximate surface area is 568 Å². The van der Waals surface area contributed by atoms with E-state index in [0.717, 1.165) is 114 Å². The monoisotopic (exact) mass is 1370 g/mol. The zero-order valence-corrected chi connectivity index (χ0v) is 62.7. The lowest BCUT2D eigenvalue weighted by molar-refractivity contribution is -0.161. The zero-order valence-electron chi connectivity index (χ0n) is 60.9. The minimum absolute atomic E-state index is 0.104. The molecule has 0 bridgehead atoms. The molecule has 0 aliphatic rings. The van der Waals surface area contributed by atoms with Gasteiger partial charge in [-0.05, 0) is 49.4 Å². The van der Waals surface area contributed by atoms with Crippen LogP contribution in [0.4, 0.5) is 0 Å². The van der Waals surface area contributed by atoms with Gasteiger partial charge in [-0.3, -0.25) is 37.3 Å². The van der Waals surface area contributed by atoms with E-state index in [1.165, 1.54) is 173 Å². The molecule has 19 heteroatoms. The summed E-state index contributed by atoms with van der Waals surface area (Å²) < 4.78 is 68.5. The zero-order chi connectivity index (χ0) is 68.9. The highest BCUT2D eigenvalue weighted by Gasteiger charge is 2.30. The van der Waals surface area contributed by atoms with Gasteiger partial charge in [0.05, 0.1) is 26.4 Å². The molecular formula is C74H144O17P2. The van der Waals surface area contributed by atoms with Gasteiger partial charge in [-0.25, -0.2) is 9.13 Å². The highest BCUT2D eigenvalue weighted by molar-refractivity contribution is 7.47. The molecule has 0 saturated heterocycles. The molecule has 0 aromatic carbocycles. The molecule has 0 radical (unpaired) electrons. The number of aliphatic hydroxyl groups is 1. The maximum absolute atomic E-state index is 13.1. The molecule has 0 heterocycles. The van der Waals surface area contributed by atoms with Crippen LogP contribution in [-0.2, 0) is 65.4 Å². The van der Waals surface area contributed by atoms with Crippen LogP contribution in [0, 0.1) is 23.7 Å². The first-order valence-electron chi connectivity index (χ1n) is 38.2. The number of rotatable bonds is 71. The summed E-state index contributed by atoms with van der Waals surface area (Å²) in [6, 6.07) is 0. The van der Waals surface area contributed by atoms with Crippen molar-refractivity contribution in [3.63, 3.8) is 0 Å². The predicted octanol–water partition coefficient (Wildman–Crippen LogP) is 21.3. The number of esters is 4. The van der Waals surface area contributed by atoms with E-state index in [2.05, 4.69) is 55.4 Å². The summed E-state index contributed by atoms with van der Waals surface area (Å²) in [5.41, 5.74) is 0. The Morgan fingerprint density at radius 1 is 0.301 bits per heavy atom. The maximum Gasteiger partial charge on any atom is 0.472 e. The normalized spacial score (nSPS) is 14.5. The number of unbranched alkanes of at least 4 members (excludes halogenated alkanes) is 36. The largest absolute Gasteiger partial charge is 0.472 e. The summed E-state index contributed by atoms with van der Waals surface area (Å²) in [6.45, 7) is 14.2. The van der Waals surface area contributed by atoms with E-state index >= 15 is 0 Å². The first kappa shape index (κ1) is 91.1. The van der Waals surface area contributed by atoms with Crippen molar-refractivity contribution in [2.75, 3.05) is 39.6 Å². The molecule has 0 amide bonds. The van der Waals surface area contributed by atoms with E-state index in [4.69, 9.17) is 37.0 Å². The number of hydrogen-bond donors (Lipinski definition) is 3. The van der Waals surface area contributed by atoms with E-state index in [1.54, 1.807) is 0 Å². The first-order valence-corrected chi connectivity index (χ1v) is 41.2. The molecule has 3 N–H and O–H groups in total. The molecule has 0 aliphatic heterocycles. The Morgan fingerprint density at radius 3 is 0.763 bits per heavy atom. The number of phosphoric ester groups is 2. The molecule has 17 nitrogen and oxygen atoms in total. The fourth-order valence-electron chi connectivity index (χ4n) is 11.2. The van der Waals surface area contributed by atoms with Crippen LogP contribution in [0.5, 0.6) is 0 Å². The maximum atomic E-state index is 13.1. The summed E-state index contributed by atoms with van der Waals surface area (Å²) in [4.78, 5) is 72.7. The molecule has 552 valence electrons. The van der Waals surface area contributed by atoms with Crippen molar-refractivity contribution in [1.29, 1.82) is 0 Å². The van der Waals surface area contributed by atoms with Gasteiger partial charge >= 0.3 is 39.5 Å². The smallest absolute Gasteiger partial charge is 0.462 e. The summed E-state index contributed by atoms with van der Waals surface area (Å²) in [5.74, 6) is 0.929. The highest BCUT2D eigenvalue weighted by atomic mass is 31.2. The summed E-state index contributed by atoms with van der Waals surface area (Å²) >= 11 is 0. The fraction of sp³-hybridized carbons (Fsp3) is 0.946. The summed E-state index contributed by atoms with van der Waals surface area (Å²) in [7, 11) is -9.91. The lowest BCUT2D eigenvalue weighted by atomic mass is 9.99. The SMILES string of the molecule is CCC(C)CCCCCCCCCCC(=O)OC[C@H](COP(=O)(O)OC[C@H](O)COP(=O)(O)OC[C@@H](COC(=O)CCCCCCCCCCCC(C)C)OC(=O)CCCCCCCCCCCCCCCCC(C)C)OC(=O)CCCCCCCCCCCC(C)C. The first-order chi connectivity index (χ1) is 44.6. The van der Waals surface area contributed by atoms with Gasteiger partial charge in [-0.2, -0.15) is 0 Å². The van der Waals surface area contributed by atoms with E-state index in [0.29, 0.717) is 25.7 Å². The Balaban J connectivity index is 5.26. The van der Waals surface area contributed by atoms with Crippen LogP contribution >= 0.6 is 15.6 Å². The minimum Gasteiger partial charge on any atom is -0.462 e. The third kappa shape index (κ3) is 67.0. The average molecular weight is 1370 g/mol. The van der Waals surface area contributed by atoms with Gasteiger partial charge in [0, 0.05) is 25.7 Å². The molecule has 93 heavy (non-hydrogen) atoms. The van der Waals surface area contributed by atoms with Gasteiger partial charge in [0.15, 0.2) is 12.2 Å². The van der Waals surface area contributed by atoms with Gasteiger partial charge in [-0.15, -0.1) is 0 Å². The number of carbonyl (C=O) groups is 4. The van der Waals surface area contributed by atoms with E-state index in [1.807, 2.05) is 0 Å². The van der Waals surface area contributed by atoms with Crippen molar-refractivity contribution in [2.45, 2.75) is 388 Å². The van der Waals surface area contributed by atoms with Crippen molar-refractivity contribution in [3.8, 4) is 0 Å². The van der Waals surface area contributed by atoms with Crippen LogP contribution in [0.15, 0.2) is 0 Å². The van der Waals surface area contributed by atoms with Gasteiger partial charge < -0.3 is 33.8 Å². The fourth-order valence-corrected chi connectivity index (χ4v) is 12.7. The molecule has 0 aromatic heterocycles. The summed E-state index contributed by atoms with van der Waals surface area (Å²) in [6.07, 6.45) is 47.1. The van der Waals surface area contributed by atoms with Crippen LogP contribution in [-0.4, -0.2) is 96.7 Å². The number of aliphatic hydroxyl groups excluding tert-OH is 1. The second-order valence-electron chi connectivity index (χ2n) is 28.4. The summed E-state index contributed by atoms with van der Waals surface area (Å²) in [5, 5.41) is 10.6. The second-order valence-corrected chi connectivity index (χ2v) is 31.3. The number of ether oxygens (including phenoxy) is 4. The van der Waals surface area contributed by atoms with Crippen LogP contribution in [0.25, 0.3) is 0 Å². The molecule has 0 aromatic rings. The van der Waals surface area contributed by atoms with Crippen molar-refractivity contribution < 1.29 is 80.2 Å². The molecule has 6 atom stereocenters. The van der Waals surface area contributed by atoms with Crippen LogP contribution in [0.3, 0.4) is 0 Å². The van der Waals surface area contributed by atoms with Crippen molar-refractivity contribution in [1.82, 2.24) is 0 Å². The molecule has 0 aliphatic carbocycles. The van der Waals surface area contributed by atoms with Crippen LogP contribution < -0.4 is 0 Å². The topological polar surface area (TPSA) is 237 Å². The van der Waals surface area contributed by atoms with Gasteiger partial charge in [-0.1, -0.05) is 319 Å². The quantitative estimate of drug-likeness (QED) is 0.0222. The lowest BCUT2D eigenvalue weighted by Gasteiger charge is -2.21. The molecule has 3 unspecified atom stereocenters. The predicted molar refractivity (Wildman–Crippen MR) is 377 cm³/mol. The molecule has 0 saturated carbocycles. The van der Waals surface area contributed by atoms with Crippen LogP contribution in [0.2, 0.25) is 0 Å². The van der Waals surface area contributed by atoms with E-state index in [9.17, 15) is 43.2 Å². The van der Waals surface area contributed by atoms with Crippen molar-refractivity contribution >= 4 is 39.5 Å². The molecule has 0 rings (SSSR count). The third-order valence-corrected chi connectivity index (χ3v) is 19.3.